The minimum absolute atomic E-state index is 0.0176. The second-order valence-corrected chi connectivity index (χ2v) is 4.69. The fourth-order valence-corrected chi connectivity index (χ4v) is 2.28. The van der Waals surface area contributed by atoms with Crippen molar-refractivity contribution in [3.8, 4) is 0 Å². The lowest BCUT2D eigenvalue weighted by atomic mass is 10.1. The Morgan fingerprint density at radius 3 is 3.06 bits per heavy atom. The molecule has 1 aliphatic heterocycles. The van der Waals surface area contributed by atoms with Gasteiger partial charge >= 0.3 is 0 Å². The number of nitrogens with zero attached hydrogens (tertiary/aromatic N) is 2. The minimum Gasteiger partial charge on any atom is -0.376 e. The first kappa shape index (κ1) is 12.4. The predicted octanol–water partition coefficient (Wildman–Crippen LogP) is 1.37. The van der Waals surface area contributed by atoms with Gasteiger partial charge in [0.05, 0.1) is 23.4 Å². The van der Waals surface area contributed by atoms with Crippen LogP contribution in [0.3, 0.4) is 0 Å². The summed E-state index contributed by atoms with van der Waals surface area (Å²) in [5.74, 6) is -0.210. The fourth-order valence-electron chi connectivity index (χ4n) is 2.03. The smallest absolute Gasteiger partial charge is 0.271 e. The molecule has 1 amide bonds. The van der Waals surface area contributed by atoms with Crippen molar-refractivity contribution in [1.82, 2.24) is 15.1 Å². The molecule has 1 aromatic rings. The highest BCUT2D eigenvalue weighted by atomic mass is 35.5. The number of hydrogen-bond donors (Lipinski definition) is 1. The maximum Gasteiger partial charge on any atom is 0.271 e. The highest BCUT2D eigenvalue weighted by Crippen LogP contribution is 2.17. The van der Waals surface area contributed by atoms with E-state index in [1.165, 1.54) is 10.9 Å². The number of rotatable bonds is 3. The number of amides is 1. The standard InChI is InChI=1S/C11H16ClN3O2/c1-7(9-4-3-5-17-9)14-11(16)10-8(12)6-13-15(10)2/h6-7,9H,3-5H2,1-2H3,(H,14,16)/t7-,9+/m1/s1. The molecule has 2 rings (SSSR count). The van der Waals surface area contributed by atoms with Crippen LogP contribution in [0.1, 0.15) is 30.3 Å². The van der Waals surface area contributed by atoms with Crippen LogP contribution in [-0.4, -0.2) is 34.4 Å². The molecule has 0 unspecified atom stereocenters. The molecular weight excluding hydrogens is 242 g/mol. The topological polar surface area (TPSA) is 56.2 Å². The van der Waals surface area contributed by atoms with Crippen molar-refractivity contribution in [2.75, 3.05) is 6.61 Å². The lowest BCUT2D eigenvalue weighted by Crippen LogP contribution is -2.41. The molecule has 0 bridgehead atoms. The van der Waals surface area contributed by atoms with Crippen LogP contribution >= 0.6 is 11.6 Å². The predicted molar refractivity (Wildman–Crippen MR) is 64.1 cm³/mol. The third-order valence-corrected chi connectivity index (χ3v) is 3.27. The molecule has 5 nitrogen and oxygen atoms in total. The maximum absolute atomic E-state index is 12.0. The average molecular weight is 258 g/mol. The van der Waals surface area contributed by atoms with Gasteiger partial charge in [0.25, 0.3) is 5.91 Å². The number of ether oxygens (including phenoxy) is 1. The molecule has 1 N–H and O–H groups in total. The quantitative estimate of drug-likeness (QED) is 0.890. The highest BCUT2D eigenvalue weighted by molar-refractivity contribution is 6.33. The first-order chi connectivity index (χ1) is 8.09. The molecule has 1 fully saturated rings. The van der Waals surface area contributed by atoms with Crippen LogP contribution in [0.2, 0.25) is 5.02 Å². The summed E-state index contributed by atoms with van der Waals surface area (Å²) in [5, 5.41) is 7.20. The van der Waals surface area contributed by atoms with Gasteiger partial charge in [0.2, 0.25) is 0 Å². The molecule has 1 saturated heterocycles. The summed E-state index contributed by atoms with van der Waals surface area (Å²) in [7, 11) is 1.69. The number of nitrogens with one attached hydrogen (secondary N) is 1. The molecule has 0 spiro atoms. The minimum atomic E-state index is -0.210. The Morgan fingerprint density at radius 1 is 1.76 bits per heavy atom. The second-order valence-electron chi connectivity index (χ2n) is 4.28. The molecule has 0 aliphatic carbocycles. The Labute approximate surface area is 105 Å². The van der Waals surface area contributed by atoms with Gasteiger partial charge in [-0.15, -0.1) is 0 Å². The first-order valence-corrected chi connectivity index (χ1v) is 6.07. The van der Waals surface area contributed by atoms with Crippen molar-refractivity contribution in [3.05, 3.63) is 16.9 Å². The van der Waals surface area contributed by atoms with Gasteiger partial charge in [-0.05, 0) is 19.8 Å². The van der Waals surface area contributed by atoms with Crippen molar-refractivity contribution >= 4 is 17.5 Å². The van der Waals surface area contributed by atoms with Crippen LogP contribution in [0.4, 0.5) is 0 Å². The van der Waals surface area contributed by atoms with Crippen LogP contribution < -0.4 is 5.32 Å². The third-order valence-electron chi connectivity index (χ3n) is 2.99. The van der Waals surface area contributed by atoms with Crippen LogP contribution in [0.5, 0.6) is 0 Å². The molecule has 17 heavy (non-hydrogen) atoms. The molecule has 0 aromatic carbocycles. The van der Waals surface area contributed by atoms with E-state index in [0.717, 1.165) is 19.4 Å². The van der Waals surface area contributed by atoms with Crippen LogP contribution in [0.25, 0.3) is 0 Å². The van der Waals surface area contributed by atoms with Gasteiger partial charge < -0.3 is 10.1 Å². The van der Waals surface area contributed by atoms with Gasteiger partial charge in [-0.25, -0.2) is 0 Å². The van der Waals surface area contributed by atoms with E-state index >= 15 is 0 Å². The second kappa shape index (κ2) is 5.06. The lowest BCUT2D eigenvalue weighted by Gasteiger charge is -2.19. The van der Waals surface area contributed by atoms with Crippen molar-refractivity contribution < 1.29 is 9.53 Å². The van der Waals surface area contributed by atoms with Crippen molar-refractivity contribution in [2.45, 2.75) is 31.9 Å². The van der Waals surface area contributed by atoms with E-state index < -0.39 is 0 Å². The normalized spacial score (nSPS) is 21.5. The van der Waals surface area contributed by atoms with Crippen LogP contribution in [0.15, 0.2) is 6.20 Å². The molecule has 2 heterocycles. The Balaban J connectivity index is 2.01. The third kappa shape index (κ3) is 2.61. The number of halogens is 1. The fraction of sp³-hybridized carbons (Fsp3) is 0.636. The molecule has 2 atom stereocenters. The Bertz CT molecular complexity index is 393. The van der Waals surface area contributed by atoms with E-state index in [1.807, 2.05) is 6.92 Å². The van der Waals surface area contributed by atoms with E-state index in [2.05, 4.69) is 10.4 Å². The van der Waals surface area contributed by atoms with E-state index in [9.17, 15) is 4.79 Å². The number of aryl methyl sites for hydroxylation is 1. The van der Waals surface area contributed by atoms with Crippen molar-refractivity contribution in [2.24, 2.45) is 7.05 Å². The zero-order valence-corrected chi connectivity index (χ0v) is 10.7. The van der Waals surface area contributed by atoms with Gasteiger partial charge in [-0.3, -0.25) is 9.48 Å². The number of carbonyl (C=O) groups excluding carboxylic acids is 1. The van der Waals surface area contributed by atoms with Gasteiger partial charge in [0.1, 0.15) is 5.69 Å². The largest absolute Gasteiger partial charge is 0.376 e. The molecule has 0 radical (unpaired) electrons. The molecule has 6 heteroatoms. The number of carbonyl (C=O) groups is 1. The maximum atomic E-state index is 12.0. The van der Waals surface area contributed by atoms with E-state index in [-0.39, 0.29) is 18.1 Å². The SMILES string of the molecule is C[C@@H](NC(=O)c1c(Cl)cnn1C)[C@@H]1CCCO1. The highest BCUT2D eigenvalue weighted by Gasteiger charge is 2.25. The monoisotopic (exact) mass is 257 g/mol. The van der Waals surface area contributed by atoms with Crippen LogP contribution in [-0.2, 0) is 11.8 Å². The van der Waals surface area contributed by atoms with Gasteiger partial charge in [0, 0.05) is 13.7 Å². The first-order valence-electron chi connectivity index (χ1n) is 5.69. The van der Waals surface area contributed by atoms with E-state index in [1.54, 1.807) is 7.05 Å². The van der Waals surface area contributed by atoms with E-state index in [4.69, 9.17) is 16.3 Å². The molecule has 1 aliphatic rings. The summed E-state index contributed by atoms with van der Waals surface area (Å²) in [6, 6.07) is -0.0176. The lowest BCUT2D eigenvalue weighted by molar-refractivity contribution is 0.0707. The zero-order valence-electron chi connectivity index (χ0n) is 9.94. The summed E-state index contributed by atoms with van der Waals surface area (Å²) >= 11 is 5.91. The molecule has 1 aromatic heterocycles. The zero-order chi connectivity index (χ0) is 12.4. The van der Waals surface area contributed by atoms with Gasteiger partial charge in [-0.1, -0.05) is 11.6 Å². The summed E-state index contributed by atoms with van der Waals surface area (Å²) in [4.78, 5) is 12.0. The Hall–Kier alpha value is -1.07. The molecular formula is C11H16ClN3O2. The number of aromatic nitrogens is 2. The van der Waals surface area contributed by atoms with Crippen molar-refractivity contribution in [1.29, 1.82) is 0 Å². The van der Waals surface area contributed by atoms with Crippen LogP contribution in [0, 0.1) is 0 Å². The Kier molecular flexibility index (Phi) is 3.69. The summed E-state index contributed by atoms with van der Waals surface area (Å²) < 4.78 is 7.00. The summed E-state index contributed by atoms with van der Waals surface area (Å²) in [6.45, 7) is 2.72. The number of hydrogen-bond acceptors (Lipinski definition) is 3. The van der Waals surface area contributed by atoms with Crippen molar-refractivity contribution in [3.63, 3.8) is 0 Å². The summed E-state index contributed by atoms with van der Waals surface area (Å²) in [5.41, 5.74) is 0.386. The van der Waals surface area contributed by atoms with Gasteiger partial charge in [0.15, 0.2) is 0 Å². The summed E-state index contributed by atoms with van der Waals surface area (Å²) in [6.07, 6.45) is 3.61. The Morgan fingerprint density at radius 2 is 2.53 bits per heavy atom. The van der Waals surface area contributed by atoms with E-state index in [0.29, 0.717) is 10.7 Å². The average Bonchev–Trinajstić information content (AvgIpc) is 2.88. The molecule has 94 valence electrons. The molecule has 0 saturated carbocycles. The van der Waals surface area contributed by atoms with Gasteiger partial charge in [-0.2, -0.15) is 5.10 Å².